The zero-order valence-corrected chi connectivity index (χ0v) is 21.0. The van der Waals surface area contributed by atoms with Crippen molar-refractivity contribution >= 4 is 49.8 Å². The standard InChI is InChI=1S/C22H26N4O3S3/c1-13(2)12-30-22-25-24-21(31-22)23-20(27)17-8-7-15(4)19(11-17)32(28,29)26-18-9-6-14(3)10-16(18)5/h6-11,13,26H,12H2,1-5H3,(H,23,24,27). The first-order valence-corrected chi connectivity index (χ1v) is 13.3. The van der Waals surface area contributed by atoms with Crippen LogP contribution in [0.15, 0.2) is 45.6 Å². The van der Waals surface area contributed by atoms with Gasteiger partial charge in [-0.1, -0.05) is 60.7 Å². The third-order valence-electron chi connectivity index (χ3n) is 4.53. The van der Waals surface area contributed by atoms with E-state index >= 15 is 0 Å². The van der Waals surface area contributed by atoms with E-state index in [0.717, 1.165) is 21.2 Å². The third kappa shape index (κ3) is 6.08. The fraction of sp³-hybridized carbons (Fsp3) is 0.318. The summed E-state index contributed by atoms with van der Waals surface area (Å²) in [6, 6.07) is 10.1. The number of carbonyl (C=O) groups is 1. The quantitative estimate of drug-likeness (QED) is 0.330. The molecule has 170 valence electrons. The highest BCUT2D eigenvalue weighted by atomic mass is 32.2. The molecule has 0 fully saturated rings. The van der Waals surface area contributed by atoms with Gasteiger partial charge in [-0.25, -0.2) is 8.42 Å². The molecule has 2 aromatic carbocycles. The molecular formula is C22H26N4O3S3. The maximum atomic E-state index is 13.1. The Hall–Kier alpha value is -2.43. The van der Waals surface area contributed by atoms with Crippen LogP contribution in [-0.2, 0) is 10.0 Å². The predicted molar refractivity (Wildman–Crippen MR) is 131 cm³/mol. The van der Waals surface area contributed by atoms with Crippen LogP contribution in [0, 0.1) is 26.7 Å². The van der Waals surface area contributed by atoms with Crippen LogP contribution in [0.1, 0.15) is 40.9 Å². The highest BCUT2D eigenvalue weighted by molar-refractivity contribution is 8.01. The Labute approximate surface area is 197 Å². The molecule has 1 heterocycles. The second kappa shape index (κ2) is 10.0. The summed E-state index contributed by atoms with van der Waals surface area (Å²) in [5, 5.41) is 11.2. The largest absolute Gasteiger partial charge is 0.296 e. The second-order valence-electron chi connectivity index (χ2n) is 7.94. The Bertz CT molecular complexity index is 1240. The molecule has 10 heteroatoms. The van der Waals surface area contributed by atoms with Gasteiger partial charge < -0.3 is 0 Å². The molecule has 3 aromatic rings. The number of aromatic nitrogens is 2. The van der Waals surface area contributed by atoms with E-state index in [-0.39, 0.29) is 10.5 Å². The van der Waals surface area contributed by atoms with Crippen molar-refractivity contribution in [1.29, 1.82) is 0 Å². The van der Waals surface area contributed by atoms with Gasteiger partial charge in [-0.15, -0.1) is 10.2 Å². The number of benzene rings is 2. The molecule has 0 aliphatic rings. The van der Waals surface area contributed by atoms with Crippen molar-refractivity contribution in [2.45, 2.75) is 43.9 Å². The van der Waals surface area contributed by atoms with Gasteiger partial charge >= 0.3 is 0 Å². The summed E-state index contributed by atoms with van der Waals surface area (Å²) in [7, 11) is -3.88. The van der Waals surface area contributed by atoms with Crippen LogP contribution in [0.4, 0.5) is 10.8 Å². The first kappa shape index (κ1) is 24.2. The van der Waals surface area contributed by atoms with Crippen molar-refractivity contribution in [3.63, 3.8) is 0 Å². The minimum atomic E-state index is -3.88. The van der Waals surface area contributed by atoms with Crippen LogP contribution < -0.4 is 10.0 Å². The predicted octanol–water partition coefficient (Wildman–Crippen LogP) is 5.26. The normalized spacial score (nSPS) is 11.6. The summed E-state index contributed by atoms with van der Waals surface area (Å²) < 4.78 is 29.5. The van der Waals surface area contributed by atoms with Gasteiger partial charge in [0.2, 0.25) is 5.13 Å². The topological polar surface area (TPSA) is 101 Å². The van der Waals surface area contributed by atoms with Gasteiger partial charge in [0.15, 0.2) is 4.34 Å². The highest BCUT2D eigenvalue weighted by Gasteiger charge is 2.21. The summed E-state index contributed by atoms with van der Waals surface area (Å²) in [6.45, 7) is 9.73. The second-order valence-corrected chi connectivity index (χ2v) is 11.8. The van der Waals surface area contributed by atoms with Crippen LogP contribution >= 0.6 is 23.1 Å². The van der Waals surface area contributed by atoms with Crippen LogP contribution in [-0.4, -0.2) is 30.3 Å². The molecule has 0 radical (unpaired) electrons. The van der Waals surface area contributed by atoms with E-state index < -0.39 is 15.9 Å². The fourth-order valence-corrected chi connectivity index (χ4v) is 6.01. The number of hydrogen-bond acceptors (Lipinski definition) is 7. The molecule has 0 saturated carbocycles. The lowest BCUT2D eigenvalue weighted by Gasteiger charge is -2.14. The van der Waals surface area contributed by atoms with Gasteiger partial charge in [-0.05, 0) is 56.0 Å². The van der Waals surface area contributed by atoms with E-state index in [2.05, 4.69) is 34.1 Å². The SMILES string of the molecule is Cc1ccc(NS(=O)(=O)c2cc(C(=O)Nc3nnc(SCC(C)C)s3)ccc2C)c(C)c1. The van der Waals surface area contributed by atoms with Gasteiger partial charge in [-0.2, -0.15) is 0 Å². The zero-order chi connectivity index (χ0) is 23.5. The van der Waals surface area contributed by atoms with Crippen molar-refractivity contribution in [3.05, 3.63) is 58.7 Å². The first-order valence-electron chi connectivity index (χ1n) is 10.0. The molecule has 1 aromatic heterocycles. The van der Waals surface area contributed by atoms with Gasteiger partial charge in [0.05, 0.1) is 10.6 Å². The van der Waals surface area contributed by atoms with E-state index in [1.807, 2.05) is 26.0 Å². The fourth-order valence-electron chi connectivity index (χ4n) is 2.88. The summed E-state index contributed by atoms with van der Waals surface area (Å²) in [6.07, 6.45) is 0. The van der Waals surface area contributed by atoms with E-state index in [9.17, 15) is 13.2 Å². The number of nitrogens with one attached hydrogen (secondary N) is 2. The molecule has 0 bridgehead atoms. The van der Waals surface area contributed by atoms with Gasteiger partial charge in [0.25, 0.3) is 15.9 Å². The maximum absolute atomic E-state index is 13.1. The summed E-state index contributed by atoms with van der Waals surface area (Å²) >= 11 is 2.88. The van der Waals surface area contributed by atoms with Crippen LogP contribution in [0.25, 0.3) is 0 Å². The van der Waals surface area contributed by atoms with Gasteiger partial charge in [-0.3, -0.25) is 14.8 Å². The van der Waals surface area contributed by atoms with Crippen molar-refractivity contribution < 1.29 is 13.2 Å². The molecule has 0 atom stereocenters. The van der Waals surface area contributed by atoms with E-state index in [1.54, 1.807) is 36.9 Å². The lowest BCUT2D eigenvalue weighted by Crippen LogP contribution is -2.17. The highest BCUT2D eigenvalue weighted by Crippen LogP contribution is 2.28. The van der Waals surface area contributed by atoms with Gasteiger partial charge in [0, 0.05) is 11.3 Å². The monoisotopic (exact) mass is 490 g/mol. The summed E-state index contributed by atoms with van der Waals surface area (Å²) in [5.74, 6) is 0.992. The number of hydrogen-bond donors (Lipinski definition) is 2. The van der Waals surface area contributed by atoms with E-state index in [4.69, 9.17) is 0 Å². The van der Waals surface area contributed by atoms with E-state index in [1.165, 1.54) is 17.4 Å². The van der Waals surface area contributed by atoms with Crippen molar-refractivity contribution in [1.82, 2.24) is 10.2 Å². The van der Waals surface area contributed by atoms with Crippen LogP contribution in [0.5, 0.6) is 0 Å². The Morgan fingerprint density at radius 1 is 1.06 bits per heavy atom. The summed E-state index contributed by atoms with van der Waals surface area (Å²) in [5.41, 5.74) is 3.14. The average molecular weight is 491 g/mol. The Morgan fingerprint density at radius 2 is 1.81 bits per heavy atom. The number of rotatable bonds is 8. The minimum Gasteiger partial charge on any atom is -0.296 e. The summed E-state index contributed by atoms with van der Waals surface area (Å²) in [4.78, 5) is 12.8. The third-order valence-corrected chi connectivity index (χ3v) is 8.44. The number of thioether (sulfide) groups is 1. The molecule has 32 heavy (non-hydrogen) atoms. The zero-order valence-electron chi connectivity index (χ0n) is 18.6. The van der Waals surface area contributed by atoms with Crippen LogP contribution in [0.3, 0.4) is 0 Å². The molecule has 2 N–H and O–H groups in total. The number of sulfonamides is 1. The van der Waals surface area contributed by atoms with Crippen molar-refractivity contribution in [2.24, 2.45) is 5.92 Å². The molecule has 0 aliphatic carbocycles. The lowest BCUT2D eigenvalue weighted by atomic mass is 10.1. The Kier molecular flexibility index (Phi) is 7.58. The maximum Gasteiger partial charge on any atom is 0.262 e. The van der Waals surface area contributed by atoms with Crippen molar-refractivity contribution in [2.75, 3.05) is 15.8 Å². The van der Waals surface area contributed by atoms with E-state index in [0.29, 0.717) is 22.3 Å². The first-order chi connectivity index (χ1) is 15.0. The Balaban J connectivity index is 1.79. The molecule has 0 unspecified atom stereocenters. The lowest BCUT2D eigenvalue weighted by molar-refractivity contribution is 0.102. The molecular weight excluding hydrogens is 464 g/mol. The molecule has 0 aliphatic heterocycles. The average Bonchev–Trinajstić information content (AvgIpc) is 3.16. The molecule has 7 nitrogen and oxygen atoms in total. The minimum absolute atomic E-state index is 0.0515. The Morgan fingerprint density at radius 3 is 2.50 bits per heavy atom. The molecule has 0 spiro atoms. The number of aryl methyl sites for hydroxylation is 3. The van der Waals surface area contributed by atoms with Crippen molar-refractivity contribution in [3.8, 4) is 0 Å². The number of anilines is 2. The molecule has 0 saturated heterocycles. The smallest absolute Gasteiger partial charge is 0.262 e. The number of carbonyl (C=O) groups excluding carboxylic acids is 1. The molecule has 3 rings (SSSR count). The number of nitrogens with zero attached hydrogens (tertiary/aromatic N) is 2. The van der Waals surface area contributed by atoms with Crippen LogP contribution in [0.2, 0.25) is 0 Å². The van der Waals surface area contributed by atoms with Gasteiger partial charge in [0.1, 0.15) is 0 Å². The molecule has 1 amide bonds. The number of amides is 1.